The summed E-state index contributed by atoms with van der Waals surface area (Å²) >= 11 is 0. The van der Waals surface area contributed by atoms with Crippen LogP contribution < -0.4 is 0 Å². The molecule has 0 aromatic heterocycles. The predicted molar refractivity (Wildman–Crippen MR) is 91.6 cm³/mol. The highest BCUT2D eigenvalue weighted by Gasteiger charge is 2.19. The van der Waals surface area contributed by atoms with Crippen molar-refractivity contribution < 1.29 is 24.2 Å². The lowest BCUT2D eigenvalue weighted by Crippen LogP contribution is -2.17. The monoisotopic (exact) mass is 342 g/mol. The summed E-state index contributed by atoms with van der Waals surface area (Å²) in [6.45, 7) is 0. The molecule has 2 rings (SSSR count). The van der Waals surface area contributed by atoms with Gasteiger partial charge in [-0.2, -0.15) is 0 Å². The lowest BCUT2D eigenvalue weighted by atomic mass is 9.94. The first-order valence-electron chi connectivity index (χ1n) is 7.88. The van der Waals surface area contributed by atoms with E-state index in [1.165, 1.54) is 36.4 Å². The molecule has 0 aliphatic rings. The van der Waals surface area contributed by atoms with Crippen molar-refractivity contribution in [3.63, 3.8) is 0 Å². The highest BCUT2D eigenvalue weighted by Crippen LogP contribution is 2.16. The zero-order chi connectivity index (χ0) is 18.2. The highest BCUT2D eigenvalue weighted by molar-refractivity contribution is 5.75. The summed E-state index contributed by atoms with van der Waals surface area (Å²) < 4.78 is 12.9. The average Bonchev–Trinajstić information content (AvgIpc) is 2.59. The topological polar surface area (TPSA) is 74.6 Å². The van der Waals surface area contributed by atoms with Crippen molar-refractivity contribution in [1.82, 2.24) is 0 Å². The van der Waals surface area contributed by atoms with Crippen LogP contribution in [0.25, 0.3) is 0 Å². The van der Waals surface area contributed by atoms with Crippen LogP contribution in [0.4, 0.5) is 4.39 Å². The standard InChI is InChI=1S/C20H19FO4/c21-18-10-6-15(7-11-18)13-17(20(24)25)9-8-16(19(22)23)12-14-4-2-1-3-5-14/h1-11,16-17H,12-13H2,(H,22,23)(H,24,25)/t16-,17-/m1/s1. The van der Waals surface area contributed by atoms with Crippen LogP contribution >= 0.6 is 0 Å². The molecule has 5 heteroatoms. The zero-order valence-corrected chi connectivity index (χ0v) is 13.5. The second-order valence-corrected chi connectivity index (χ2v) is 5.79. The third kappa shape index (κ3) is 5.88. The van der Waals surface area contributed by atoms with Gasteiger partial charge in [-0.05, 0) is 36.1 Å². The molecule has 0 fully saturated rings. The van der Waals surface area contributed by atoms with Crippen molar-refractivity contribution in [2.24, 2.45) is 11.8 Å². The van der Waals surface area contributed by atoms with Crippen LogP contribution in [0.2, 0.25) is 0 Å². The second kappa shape index (κ2) is 8.78. The van der Waals surface area contributed by atoms with Gasteiger partial charge in [0.2, 0.25) is 0 Å². The fraction of sp³-hybridized carbons (Fsp3) is 0.200. The molecule has 0 radical (unpaired) electrons. The number of hydrogen-bond donors (Lipinski definition) is 2. The summed E-state index contributed by atoms with van der Waals surface area (Å²) in [5, 5.41) is 18.7. The van der Waals surface area contributed by atoms with E-state index >= 15 is 0 Å². The van der Waals surface area contributed by atoms with E-state index in [1.54, 1.807) is 0 Å². The first-order valence-corrected chi connectivity index (χ1v) is 7.88. The molecule has 0 saturated carbocycles. The Bertz CT molecular complexity index is 738. The molecule has 0 heterocycles. The molecule has 2 aromatic carbocycles. The summed E-state index contributed by atoms with van der Waals surface area (Å²) in [4.78, 5) is 22.9. The van der Waals surface area contributed by atoms with Crippen molar-refractivity contribution in [2.45, 2.75) is 12.8 Å². The Kier molecular flexibility index (Phi) is 6.46. The van der Waals surface area contributed by atoms with Crippen LogP contribution in [0.5, 0.6) is 0 Å². The van der Waals surface area contributed by atoms with Crippen molar-refractivity contribution >= 4 is 11.9 Å². The Hall–Kier alpha value is -2.95. The summed E-state index contributed by atoms with van der Waals surface area (Å²) in [7, 11) is 0. The molecule has 0 amide bonds. The van der Waals surface area contributed by atoms with Gasteiger partial charge in [-0.15, -0.1) is 0 Å². The van der Waals surface area contributed by atoms with Crippen molar-refractivity contribution in [3.05, 3.63) is 83.7 Å². The Balaban J connectivity index is 2.10. The van der Waals surface area contributed by atoms with E-state index in [1.807, 2.05) is 30.3 Å². The van der Waals surface area contributed by atoms with E-state index in [9.17, 15) is 24.2 Å². The summed E-state index contributed by atoms with van der Waals surface area (Å²) in [6.07, 6.45) is 3.30. The number of carbonyl (C=O) groups is 2. The van der Waals surface area contributed by atoms with E-state index in [2.05, 4.69) is 0 Å². The van der Waals surface area contributed by atoms with Crippen molar-refractivity contribution in [1.29, 1.82) is 0 Å². The van der Waals surface area contributed by atoms with Crippen LogP contribution in [-0.2, 0) is 22.4 Å². The molecule has 0 spiro atoms. The molecule has 0 aliphatic carbocycles. The first kappa shape index (κ1) is 18.4. The Morgan fingerprint density at radius 3 is 1.68 bits per heavy atom. The Morgan fingerprint density at radius 1 is 0.800 bits per heavy atom. The van der Waals surface area contributed by atoms with E-state index in [-0.39, 0.29) is 18.7 Å². The van der Waals surface area contributed by atoms with Gasteiger partial charge in [0.05, 0.1) is 11.8 Å². The van der Waals surface area contributed by atoms with Gasteiger partial charge in [-0.3, -0.25) is 9.59 Å². The molecule has 2 N–H and O–H groups in total. The van der Waals surface area contributed by atoms with Gasteiger partial charge in [0, 0.05) is 0 Å². The van der Waals surface area contributed by atoms with Gasteiger partial charge in [-0.25, -0.2) is 4.39 Å². The van der Waals surface area contributed by atoms with Gasteiger partial charge in [0.1, 0.15) is 5.82 Å². The average molecular weight is 342 g/mol. The molecular weight excluding hydrogens is 323 g/mol. The van der Waals surface area contributed by atoms with Gasteiger partial charge < -0.3 is 10.2 Å². The molecule has 0 aliphatic heterocycles. The van der Waals surface area contributed by atoms with E-state index in [4.69, 9.17) is 0 Å². The summed E-state index contributed by atoms with van der Waals surface area (Å²) in [6, 6.07) is 14.8. The van der Waals surface area contributed by atoms with Crippen LogP contribution in [-0.4, -0.2) is 22.2 Å². The zero-order valence-electron chi connectivity index (χ0n) is 13.5. The predicted octanol–water partition coefficient (Wildman–Crippen LogP) is 3.57. The van der Waals surface area contributed by atoms with E-state index in [0.717, 1.165) is 5.56 Å². The SMILES string of the molecule is O=C(O)[C@H](C=C[C@H](Cc1ccc(F)cc1)C(=O)O)Cc1ccccc1. The minimum Gasteiger partial charge on any atom is -0.481 e. The number of benzene rings is 2. The molecule has 25 heavy (non-hydrogen) atoms. The molecule has 2 aromatic rings. The summed E-state index contributed by atoms with van der Waals surface area (Å²) in [5.74, 6) is -4.13. The smallest absolute Gasteiger partial charge is 0.310 e. The van der Waals surface area contributed by atoms with E-state index in [0.29, 0.717) is 5.56 Å². The maximum Gasteiger partial charge on any atom is 0.310 e. The third-order valence-electron chi connectivity index (χ3n) is 3.88. The number of rotatable bonds is 8. The number of aliphatic carboxylic acids is 2. The molecule has 0 bridgehead atoms. The van der Waals surface area contributed by atoms with Crippen LogP contribution in [0, 0.1) is 17.7 Å². The lowest BCUT2D eigenvalue weighted by molar-refractivity contribution is -0.141. The molecule has 4 nitrogen and oxygen atoms in total. The van der Waals surface area contributed by atoms with Crippen LogP contribution in [0.1, 0.15) is 11.1 Å². The number of carboxylic acids is 2. The third-order valence-corrected chi connectivity index (χ3v) is 3.88. The Morgan fingerprint density at radius 2 is 1.24 bits per heavy atom. The number of hydrogen-bond acceptors (Lipinski definition) is 2. The van der Waals surface area contributed by atoms with Gasteiger partial charge in [-0.1, -0.05) is 54.6 Å². The second-order valence-electron chi connectivity index (χ2n) is 5.79. The Labute approximate surface area is 145 Å². The van der Waals surface area contributed by atoms with Crippen molar-refractivity contribution in [3.8, 4) is 0 Å². The molecule has 0 unspecified atom stereocenters. The first-order chi connectivity index (χ1) is 12.0. The minimum absolute atomic E-state index is 0.170. The van der Waals surface area contributed by atoms with E-state index < -0.39 is 23.8 Å². The molecular formula is C20H19FO4. The van der Waals surface area contributed by atoms with Crippen molar-refractivity contribution in [2.75, 3.05) is 0 Å². The summed E-state index contributed by atoms with van der Waals surface area (Å²) in [5.41, 5.74) is 1.54. The quantitative estimate of drug-likeness (QED) is 0.719. The number of halogens is 1. The largest absolute Gasteiger partial charge is 0.481 e. The van der Waals surface area contributed by atoms with Gasteiger partial charge in [0.15, 0.2) is 0 Å². The lowest BCUT2D eigenvalue weighted by Gasteiger charge is -2.11. The van der Waals surface area contributed by atoms with Crippen LogP contribution in [0.15, 0.2) is 66.7 Å². The molecule has 0 saturated heterocycles. The van der Waals surface area contributed by atoms with Gasteiger partial charge >= 0.3 is 11.9 Å². The maximum atomic E-state index is 12.9. The van der Waals surface area contributed by atoms with Crippen LogP contribution in [0.3, 0.4) is 0 Å². The fourth-order valence-electron chi connectivity index (χ4n) is 2.49. The minimum atomic E-state index is -1.05. The maximum absolute atomic E-state index is 12.9. The van der Waals surface area contributed by atoms with Gasteiger partial charge in [0.25, 0.3) is 0 Å². The number of carboxylic acid groups (broad SMARTS) is 2. The molecule has 2 atom stereocenters. The molecule has 130 valence electrons. The normalized spacial score (nSPS) is 13.5. The fourth-order valence-corrected chi connectivity index (χ4v) is 2.49. The highest BCUT2D eigenvalue weighted by atomic mass is 19.1.